The quantitative estimate of drug-likeness (QED) is 0.313. The Balaban J connectivity index is 1.36. The molecule has 0 fully saturated rings. The number of H-pyrrole nitrogens is 1. The molecule has 2 N–H and O–H groups in total. The molecule has 0 aliphatic carbocycles. The van der Waals surface area contributed by atoms with Gasteiger partial charge in [-0.3, -0.25) is 4.79 Å². The molecule has 1 aliphatic heterocycles. The molecule has 0 radical (unpaired) electrons. The van der Waals surface area contributed by atoms with Crippen LogP contribution in [0.25, 0.3) is 27.9 Å². The summed E-state index contributed by atoms with van der Waals surface area (Å²) in [6, 6.07) is 9.69. The molecule has 0 bridgehead atoms. The van der Waals surface area contributed by atoms with Crippen molar-refractivity contribution in [3.05, 3.63) is 70.1 Å². The number of hydrogen-bond acceptors (Lipinski definition) is 8. The number of aliphatic hydroxyl groups excluding tert-OH is 1. The molecule has 3 aromatic heterocycles. The minimum absolute atomic E-state index is 0.0247. The maximum absolute atomic E-state index is 12.9. The topological polar surface area (TPSA) is 126 Å². The summed E-state index contributed by atoms with van der Waals surface area (Å²) in [7, 11) is -3.01. The largest absolute Gasteiger partial charge is 0.396 e. The number of thiazole rings is 1. The van der Waals surface area contributed by atoms with E-state index in [4.69, 9.17) is 0 Å². The monoisotopic (exact) mass is 550 g/mol. The van der Waals surface area contributed by atoms with Crippen LogP contribution < -0.4 is 0 Å². The molecule has 1 aliphatic rings. The van der Waals surface area contributed by atoms with Gasteiger partial charge in [0, 0.05) is 40.6 Å². The number of benzene rings is 1. The van der Waals surface area contributed by atoms with Gasteiger partial charge < -0.3 is 10.1 Å². The van der Waals surface area contributed by atoms with Crippen molar-refractivity contribution in [3.63, 3.8) is 0 Å². The normalized spacial score (nSPS) is 16.4. The molecular formula is C28H30N4O4S2. The third kappa shape index (κ3) is 5.48. The molecule has 198 valence electrons. The molecule has 1 unspecified atom stereocenters. The Hall–Kier alpha value is -3.21. The minimum Gasteiger partial charge on any atom is -0.396 e. The smallest absolute Gasteiger partial charge is 0.175 e. The fourth-order valence-corrected chi connectivity index (χ4v) is 6.62. The summed E-state index contributed by atoms with van der Waals surface area (Å²) in [5.41, 5.74) is 4.89. The number of sulfone groups is 1. The van der Waals surface area contributed by atoms with Crippen molar-refractivity contribution >= 4 is 43.6 Å². The first-order valence-electron chi connectivity index (χ1n) is 12.5. The Morgan fingerprint density at radius 2 is 1.92 bits per heavy atom. The van der Waals surface area contributed by atoms with Gasteiger partial charge in [0.1, 0.15) is 12.0 Å². The number of hydrogen-bond donors (Lipinski definition) is 2. The van der Waals surface area contributed by atoms with Crippen LogP contribution in [-0.4, -0.2) is 57.4 Å². The van der Waals surface area contributed by atoms with Crippen molar-refractivity contribution in [2.24, 2.45) is 0 Å². The van der Waals surface area contributed by atoms with Gasteiger partial charge in [-0.1, -0.05) is 51.1 Å². The highest BCUT2D eigenvalue weighted by Gasteiger charge is 2.23. The first-order valence-corrected chi connectivity index (χ1v) is 15.1. The molecule has 1 atom stereocenters. The lowest BCUT2D eigenvalue weighted by atomic mass is 9.93. The highest BCUT2D eigenvalue weighted by molar-refractivity contribution is 7.91. The minimum atomic E-state index is -3.01. The lowest BCUT2D eigenvalue weighted by Crippen LogP contribution is -2.15. The summed E-state index contributed by atoms with van der Waals surface area (Å²) in [6.45, 7) is 6.06. The van der Waals surface area contributed by atoms with Gasteiger partial charge in [0.05, 0.1) is 33.7 Å². The standard InChI is InChI=1S/C28H30N4O4S2/c1-28(2,3)27-29-14-24(37-27)23(34)12-20(15-33)17-4-6-19(7-5-17)25-21-13-22(32-26(21)31-16-30-25)18-8-10-38(35,36)11-9-18/h4-8,13-14,16,20,33H,9-12,15H2,1-3H3,(H,30,31,32). The van der Waals surface area contributed by atoms with Crippen LogP contribution in [0.15, 0.2) is 48.9 Å². The molecule has 0 saturated carbocycles. The molecule has 4 heterocycles. The zero-order chi connectivity index (χ0) is 27.1. The van der Waals surface area contributed by atoms with E-state index in [0.717, 1.165) is 38.5 Å². The van der Waals surface area contributed by atoms with E-state index < -0.39 is 9.84 Å². The van der Waals surface area contributed by atoms with Crippen molar-refractivity contribution in [1.29, 1.82) is 0 Å². The van der Waals surface area contributed by atoms with Gasteiger partial charge in [0.15, 0.2) is 15.6 Å². The highest BCUT2D eigenvalue weighted by Crippen LogP contribution is 2.33. The zero-order valence-electron chi connectivity index (χ0n) is 21.6. The van der Waals surface area contributed by atoms with E-state index in [9.17, 15) is 18.3 Å². The predicted octanol–water partition coefficient (Wildman–Crippen LogP) is 4.93. The first kappa shape index (κ1) is 26.4. The molecule has 0 saturated heterocycles. The molecule has 8 nitrogen and oxygen atoms in total. The first-order chi connectivity index (χ1) is 18.0. The fourth-order valence-electron chi connectivity index (χ4n) is 4.54. The van der Waals surface area contributed by atoms with Crippen LogP contribution in [0.5, 0.6) is 0 Å². The summed E-state index contributed by atoms with van der Waals surface area (Å²) in [6.07, 6.45) is 5.57. The van der Waals surface area contributed by atoms with Gasteiger partial charge in [-0.05, 0) is 23.6 Å². The van der Waals surface area contributed by atoms with Crippen LogP contribution in [-0.2, 0) is 15.3 Å². The van der Waals surface area contributed by atoms with Crippen LogP contribution >= 0.6 is 11.3 Å². The highest BCUT2D eigenvalue weighted by atomic mass is 32.2. The number of rotatable bonds is 7. The third-order valence-electron chi connectivity index (χ3n) is 6.77. The average Bonchev–Trinajstić information content (AvgIpc) is 3.55. The number of nitrogens with one attached hydrogen (secondary N) is 1. The van der Waals surface area contributed by atoms with Crippen molar-refractivity contribution in [2.45, 2.75) is 44.9 Å². The molecule has 1 aromatic carbocycles. The van der Waals surface area contributed by atoms with Crippen molar-refractivity contribution in [2.75, 3.05) is 18.1 Å². The second-order valence-electron chi connectivity index (χ2n) is 10.7. The summed E-state index contributed by atoms with van der Waals surface area (Å²) in [5, 5.41) is 11.8. The van der Waals surface area contributed by atoms with E-state index in [2.05, 4.69) is 40.7 Å². The van der Waals surface area contributed by atoms with Gasteiger partial charge >= 0.3 is 0 Å². The van der Waals surface area contributed by atoms with E-state index in [0.29, 0.717) is 16.9 Å². The SMILES string of the molecule is CC(C)(C)c1ncc(C(=O)CC(CO)c2ccc(-c3ncnc4[nH]c(C5=CCS(=O)(=O)CC5)cc34)cc2)s1. The van der Waals surface area contributed by atoms with Gasteiger partial charge in [-0.25, -0.2) is 23.4 Å². The van der Waals surface area contributed by atoms with Crippen LogP contribution in [0.3, 0.4) is 0 Å². The Labute approximate surface area is 225 Å². The summed E-state index contributed by atoms with van der Waals surface area (Å²) in [5.74, 6) is -0.157. The summed E-state index contributed by atoms with van der Waals surface area (Å²) in [4.78, 5) is 30.1. The maximum atomic E-state index is 12.9. The van der Waals surface area contributed by atoms with Gasteiger partial charge in [-0.15, -0.1) is 11.3 Å². The number of aromatic nitrogens is 4. The Morgan fingerprint density at radius 1 is 1.16 bits per heavy atom. The van der Waals surface area contributed by atoms with Crippen LogP contribution in [0.1, 0.15) is 65.5 Å². The number of aromatic amines is 1. The molecular weight excluding hydrogens is 520 g/mol. The van der Waals surface area contributed by atoms with E-state index in [1.165, 1.54) is 17.7 Å². The van der Waals surface area contributed by atoms with E-state index in [-0.39, 0.29) is 41.6 Å². The van der Waals surface area contributed by atoms with E-state index in [1.54, 1.807) is 12.3 Å². The Kier molecular flexibility index (Phi) is 7.06. The summed E-state index contributed by atoms with van der Waals surface area (Å²) < 4.78 is 23.6. The van der Waals surface area contributed by atoms with Crippen LogP contribution in [0.2, 0.25) is 0 Å². The Bertz CT molecular complexity index is 1630. The third-order valence-corrected chi connectivity index (χ3v) is 9.73. The predicted molar refractivity (Wildman–Crippen MR) is 150 cm³/mol. The number of ketones is 1. The van der Waals surface area contributed by atoms with Crippen LogP contribution in [0.4, 0.5) is 0 Å². The van der Waals surface area contributed by atoms with Crippen molar-refractivity contribution < 1.29 is 18.3 Å². The fraction of sp³-hybridized carbons (Fsp3) is 0.357. The number of carbonyl (C=O) groups is 1. The second-order valence-corrected chi connectivity index (χ2v) is 13.9. The van der Waals surface area contributed by atoms with Crippen molar-refractivity contribution in [3.8, 4) is 11.3 Å². The second kappa shape index (κ2) is 10.2. The van der Waals surface area contributed by atoms with Gasteiger partial charge in [0.2, 0.25) is 0 Å². The van der Waals surface area contributed by atoms with Crippen LogP contribution in [0, 0.1) is 0 Å². The van der Waals surface area contributed by atoms with Gasteiger partial charge in [0.25, 0.3) is 0 Å². The summed E-state index contributed by atoms with van der Waals surface area (Å²) >= 11 is 1.42. The molecule has 10 heteroatoms. The molecule has 4 aromatic rings. The van der Waals surface area contributed by atoms with Crippen molar-refractivity contribution in [1.82, 2.24) is 19.9 Å². The number of fused-ring (bicyclic) bond motifs is 1. The van der Waals surface area contributed by atoms with Gasteiger partial charge in [-0.2, -0.15) is 0 Å². The maximum Gasteiger partial charge on any atom is 0.175 e. The number of allylic oxidation sites excluding steroid dienone is 1. The average molecular weight is 551 g/mol. The molecule has 0 amide bonds. The number of nitrogens with zero attached hydrogens (tertiary/aromatic N) is 3. The molecule has 5 rings (SSSR count). The lowest BCUT2D eigenvalue weighted by Gasteiger charge is -2.15. The Morgan fingerprint density at radius 3 is 2.55 bits per heavy atom. The number of carbonyl (C=O) groups excluding carboxylic acids is 1. The number of Topliss-reactive ketones (excluding diaryl/α,β-unsaturated/α-hetero) is 1. The lowest BCUT2D eigenvalue weighted by molar-refractivity contribution is 0.0963. The number of aliphatic hydroxyl groups is 1. The van der Waals surface area contributed by atoms with E-state index >= 15 is 0 Å². The zero-order valence-corrected chi connectivity index (χ0v) is 23.2. The van der Waals surface area contributed by atoms with E-state index in [1.807, 2.05) is 30.3 Å². The molecule has 38 heavy (non-hydrogen) atoms. The molecule has 0 spiro atoms.